The zero-order valence-electron chi connectivity index (χ0n) is 10.2. The van der Waals surface area contributed by atoms with E-state index in [0.29, 0.717) is 5.75 Å². The maximum Gasteiger partial charge on any atom is 0.262 e. The fraction of sp³-hybridized carbons (Fsp3) is 0.0714. The topological polar surface area (TPSA) is 38.3 Å². The van der Waals surface area contributed by atoms with Gasteiger partial charge in [-0.1, -0.05) is 6.07 Å². The third-order valence-corrected chi connectivity index (χ3v) is 3.04. The fourth-order valence-electron chi connectivity index (χ4n) is 1.49. The fourth-order valence-corrected chi connectivity index (χ4v) is 2.00. The van der Waals surface area contributed by atoms with Crippen molar-refractivity contribution in [2.24, 2.45) is 0 Å². The number of rotatable bonds is 4. The first-order valence-electron chi connectivity index (χ1n) is 5.68. The highest BCUT2D eigenvalue weighted by Gasteiger charge is 2.09. The average molecular weight is 389 g/mol. The Morgan fingerprint density at radius 1 is 1.20 bits per heavy atom. The lowest BCUT2D eigenvalue weighted by Crippen LogP contribution is -2.20. The molecule has 2 aromatic rings. The van der Waals surface area contributed by atoms with E-state index in [9.17, 15) is 13.6 Å². The zero-order chi connectivity index (χ0) is 14.5. The van der Waals surface area contributed by atoms with Gasteiger partial charge in [-0.3, -0.25) is 4.79 Å². The van der Waals surface area contributed by atoms with Crippen LogP contribution in [0.25, 0.3) is 0 Å². The largest absolute Gasteiger partial charge is 0.484 e. The second-order valence-electron chi connectivity index (χ2n) is 3.92. The number of amides is 1. The van der Waals surface area contributed by atoms with Gasteiger partial charge in [-0.2, -0.15) is 0 Å². The van der Waals surface area contributed by atoms with Gasteiger partial charge in [-0.05, 0) is 52.9 Å². The van der Waals surface area contributed by atoms with Crippen LogP contribution in [-0.4, -0.2) is 12.5 Å². The number of benzene rings is 2. The van der Waals surface area contributed by atoms with Crippen molar-refractivity contribution in [2.45, 2.75) is 0 Å². The summed E-state index contributed by atoms with van der Waals surface area (Å²) < 4.78 is 32.5. The van der Waals surface area contributed by atoms with E-state index in [-0.39, 0.29) is 12.3 Å². The predicted octanol–water partition coefficient (Wildman–Crippen LogP) is 3.59. The SMILES string of the molecule is O=C(COc1cccc(I)c1)Nc1cc(F)ccc1F. The molecular weight excluding hydrogens is 379 g/mol. The Hall–Kier alpha value is -1.70. The molecule has 2 rings (SSSR count). The quantitative estimate of drug-likeness (QED) is 0.812. The summed E-state index contributed by atoms with van der Waals surface area (Å²) in [6.07, 6.45) is 0. The zero-order valence-corrected chi connectivity index (χ0v) is 12.4. The number of carbonyl (C=O) groups excluding carboxylic acids is 1. The van der Waals surface area contributed by atoms with Gasteiger partial charge in [0.25, 0.3) is 5.91 Å². The van der Waals surface area contributed by atoms with Crippen LogP contribution < -0.4 is 10.1 Å². The Morgan fingerprint density at radius 2 is 2.00 bits per heavy atom. The van der Waals surface area contributed by atoms with Crippen molar-refractivity contribution >= 4 is 34.2 Å². The molecule has 0 aliphatic rings. The van der Waals surface area contributed by atoms with E-state index in [1.165, 1.54) is 0 Å². The van der Waals surface area contributed by atoms with Gasteiger partial charge in [0.2, 0.25) is 0 Å². The van der Waals surface area contributed by atoms with Crippen molar-refractivity contribution in [3.63, 3.8) is 0 Å². The first kappa shape index (κ1) is 14.7. The minimum absolute atomic E-state index is 0.207. The van der Waals surface area contributed by atoms with Crippen molar-refractivity contribution in [3.8, 4) is 5.75 Å². The van der Waals surface area contributed by atoms with Crippen LogP contribution in [0.15, 0.2) is 42.5 Å². The second-order valence-corrected chi connectivity index (χ2v) is 5.16. The maximum absolute atomic E-state index is 13.3. The van der Waals surface area contributed by atoms with E-state index in [1.54, 1.807) is 18.2 Å². The Bertz CT molecular complexity index is 634. The Morgan fingerprint density at radius 3 is 2.75 bits per heavy atom. The summed E-state index contributed by atoms with van der Waals surface area (Å²) in [7, 11) is 0. The van der Waals surface area contributed by atoms with Crippen molar-refractivity contribution in [1.82, 2.24) is 0 Å². The van der Waals surface area contributed by atoms with Gasteiger partial charge in [-0.25, -0.2) is 8.78 Å². The van der Waals surface area contributed by atoms with Gasteiger partial charge in [0.05, 0.1) is 5.69 Å². The normalized spacial score (nSPS) is 10.2. The summed E-state index contributed by atoms with van der Waals surface area (Å²) in [6, 6.07) is 9.99. The molecule has 0 fully saturated rings. The Labute approximate surface area is 128 Å². The summed E-state index contributed by atoms with van der Waals surface area (Å²) in [5, 5.41) is 2.26. The van der Waals surface area contributed by atoms with Crippen LogP contribution in [0.1, 0.15) is 0 Å². The number of carbonyl (C=O) groups is 1. The molecule has 0 aliphatic carbocycles. The summed E-state index contributed by atoms with van der Waals surface area (Å²) in [5.41, 5.74) is -0.207. The molecule has 2 aromatic carbocycles. The van der Waals surface area contributed by atoms with Crippen LogP contribution >= 0.6 is 22.6 Å². The molecule has 0 aliphatic heterocycles. The Kier molecular flexibility index (Phi) is 4.89. The van der Waals surface area contributed by atoms with Gasteiger partial charge in [0.15, 0.2) is 6.61 Å². The van der Waals surface area contributed by atoms with Gasteiger partial charge in [-0.15, -0.1) is 0 Å². The van der Waals surface area contributed by atoms with Crippen LogP contribution in [0.2, 0.25) is 0 Å². The molecule has 1 N–H and O–H groups in total. The standard InChI is InChI=1S/C14H10F2INO2/c15-9-4-5-12(16)13(6-9)18-14(19)8-20-11-3-1-2-10(17)7-11/h1-7H,8H2,(H,18,19). The third-order valence-electron chi connectivity index (χ3n) is 2.37. The highest BCUT2D eigenvalue weighted by molar-refractivity contribution is 14.1. The van der Waals surface area contributed by atoms with Crippen molar-refractivity contribution in [3.05, 3.63) is 57.7 Å². The highest BCUT2D eigenvalue weighted by Crippen LogP contribution is 2.16. The van der Waals surface area contributed by atoms with Crippen molar-refractivity contribution in [2.75, 3.05) is 11.9 Å². The molecule has 0 heterocycles. The first-order valence-corrected chi connectivity index (χ1v) is 6.76. The van der Waals surface area contributed by atoms with Gasteiger partial charge < -0.3 is 10.1 Å². The molecule has 3 nitrogen and oxygen atoms in total. The molecule has 6 heteroatoms. The summed E-state index contributed by atoms with van der Waals surface area (Å²) in [4.78, 5) is 11.6. The number of ether oxygens (including phenoxy) is 1. The molecular formula is C14H10F2INO2. The van der Waals surface area contributed by atoms with Crippen LogP contribution in [-0.2, 0) is 4.79 Å². The summed E-state index contributed by atoms with van der Waals surface area (Å²) in [6.45, 7) is -0.282. The number of hydrogen-bond donors (Lipinski definition) is 1. The Balaban J connectivity index is 1.94. The summed E-state index contributed by atoms with van der Waals surface area (Å²) >= 11 is 2.12. The summed E-state index contributed by atoms with van der Waals surface area (Å²) in [5.74, 6) is -1.35. The molecule has 20 heavy (non-hydrogen) atoms. The number of nitrogens with one attached hydrogen (secondary N) is 1. The smallest absolute Gasteiger partial charge is 0.262 e. The lowest BCUT2D eigenvalue weighted by Gasteiger charge is -2.08. The maximum atomic E-state index is 13.3. The van der Waals surface area contributed by atoms with Gasteiger partial charge >= 0.3 is 0 Å². The highest BCUT2D eigenvalue weighted by atomic mass is 127. The molecule has 1 amide bonds. The van der Waals surface area contributed by atoms with E-state index >= 15 is 0 Å². The lowest BCUT2D eigenvalue weighted by atomic mass is 10.3. The molecule has 0 spiro atoms. The van der Waals surface area contributed by atoms with E-state index < -0.39 is 17.5 Å². The van der Waals surface area contributed by atoms with E-state index in [1.807, 2.05) is 6.07 Å². The second kappa shape index (κ2) is 6.65. The van der Waals surface area contributed by atoms with Crippen LogP contribution in [0, 0.1) is 15.2 Å². The molecule has 0 atom stereocenters. The monoisotopic (exact) mass is 389 g/mol. The minimum Gasteiger partial charge on any atom is -0.484 e. The van der Waals surface area contributed by atoms with E-state index in [4.69, 9.17) is 4.74 Å². The van der Waals surface area contributed by atoms with Gasteiger partial charge in [0.1, 0.15) is 17.4 Å². The minimum atomic E-state index is -0.700. The molecule has 0 radical (unpaired) electrons. The van der Waals surface area contributed by atoms with Crippen LogP contribution in [0.5, 0.6) is 5.75 Å². The molecule has 0 bridgehead atoms. The lowest BCUT2D eigenvalue weighted by molar-refractivity contribution is -0.118. The van der Waals surface area contributed by atoms with Crippen molar-refractivity contribution < 1.29 is 18.3 Å². The first-order chi connectivity index (χ1) is 9.54. The third kappa shape index (κ3) is 4.16. The predicted molar refractivity (Wildman–Crippen MR) is 79.6 cm³/mol. The average Bonchev–Trinajstić information content (AvgIpc) is 2.41. The van der Waals surface area contributed by atoms with Gasteiger partial charge in [0, 0.05) is 9.64 Å². The van der Waals surface area contributed by atoms with E-state index in [0.717, 1.165) is 21.8 Å². The molecule has 0 unspecified atom stereocenters. The molecule has 0 aromatic heterocycles. The number of halogens is 3. The van der Waals surface area contributed by atoms with E-state index in [2.05, 4.69) is 27.9 Å². The van der Waals surface area contributed by atoms with Crippen LogP contribution in [0.4, 0.5) is 14.5 Å². The van der Waals surface area contributed by atoms with Crippen molar-refractivity contribution in [1.29, 1.82) is 0 Å². The molecule has 0 saturated heterocycles. The number of anilines is 1. The molecule has 0 saturated carbocycles. The molecule has 104 valence electrons. The van der Waals surface area contributed by atoms with Crippen LogP contribution in [0.3, 0.4) is 0 Å². The number of hydrogen-bond acceptors (Lipinski definition) is 2.